The lowest BCUT2D eigenvalue weighted by Crippen LogP contribution is -2.41. The van der Waals surface area contributed by atoms with Gasteiger partial charge in [0.15, 0.2) is 5.69 Å². The number of halogens is 4. The van der Waals surface area contributed by atoms with Crippen LogP contribution in [0.5, 0.6) is 0 Å². The van der Waals surface area contributed by atoms with Crippen molar-refractivity contribution in [3.8, 4) is 0 Å². The molecule has 1 fully saturated rings. The number of carbonyl (C=O) groups excluding carboxylic acids is 1. The molecule has 174 valence electrons. The molecule has 0 aliphatic heterocycles. The van der Waals surface area contributed by atoms with Crippen molar-refractivity contribution in [3.63, 3.8) is 0 Å². The second kappa shape index (κ2) is 9.01. The molecule has 11 heteroatoms. The maximum Gasteiger partial charge on any atom is 0.433 e. The van der Waals surface area contributed by atoms with Crippen LogP contribution in [-0.2, 0) is 6.18 Å². The van der Waals surface area contributed by atoms with E-state index < -0.39 is 17.8 Å². The highest BCUT2D eigenvalue weighted by molar-refractivity contribution is 6.31. The number of nitrogens with zero attached hydrogens (tertiary/aromatic N) is 3. The minimum absolute atomic E-state index is 0.0377. The van der Waals surface area contributed by atoms with Crippen LogP contribution in [0.1, 0.15) is 47.6 Å². The number of benzene rings is 1. The Hall–Kier alpha value is -3.14. The molecule has 0 unspecified atom stereocenters. The van der Waals surface area contributed by atoms with E-state index in [1.54, 1.807) is 13.0 Å². The number of anilines is 1. The normalized spacial score (nSPS) is 18.8. The SMILES string of the molecule is Cc1cnc(C(=O)NC2CCC(Nc3cc(C(F)(F)F)nc4ccc(Cl)cc34)CC2)c[n+]1[O-]. The van der Waals surface area contributed by atoms with Crippen LogP contribution < -0.4 is 15.4 Å². The molecule has 1 saturated carbocycles. The van der Waals surface area contributed by atoms with Gasteiger partial charge >= 0.3 is 6.18 Å². The first kappa shape index (κ1) is 23.0. The van der Waals surface area contributed by atoms with E-state index in [1.165, 1.54) is 18.3 Å². The fourth-order valence-electron chi connectivity index (χ4n) is 3.91. The van der Waals surface area contributed by atoms with Gasteiger partial charge < -0.3 is 15.8 Å². The van der Waals surface area contributed by atoms with Crippen LogP contribution in [-0.4, -0.2) is 28.0 Å². The first-order valence-electron chi connectivity index (χ1n) is 10.4. The summed E-state index contributed by atoms with van der Waals surface area (Å²) in [6.07, 6.45) is 0.432. The van der Waals surface area contributed by atoms with Gasteiger partial charge in [-0.2, -0.15) is 17.9 Å². The zero-order chi connectivity index (χ0) is 23.8. The number of amides is 1. The molecule has 1 aromatic carbocycles. The Morgan fingerprint density at radius 2 is 1.88 bits per heavy atom. The van der Waals surface area contributed by atoms with E-state index in [0.29, 0.717) is 52.2 Å². The molecule has 2 heterocycles. The van der Waals surface area contributed by atoms with Crippen LogP contribution in [0.25, 0.3) is 10.9 Å². The number of hydrogen-bond donors (Lipinski definition) is 2. The van der Waals surface area contributed by atoms with Gasteiger partial charge in [0, 0.05) is 35.1 Å². The Morgan fingerprint density at radius 1 is 1.18 bits per heavy atom. The molecule has 0 saturated heterocycles. The molecular weight excluding hydrogens is 459 g/mol. The summed E-state index contributed by atoms with van der Waals surface area (Å²) in [5.41, 5.74) is -0.0144. The number of hydrogen-bond acceptors (Lipinski definition) is 5. The monoisotopic (exact) mass is 479 g/mol. The van der Waals surface area contributed by atoms with Gasteiger partial charge in [-0.05, 0) is 49.9 Å². The van der Waals surface area contributed by atoms with Crippen LogP contribution in [0.4, 0.5) is 18.9 Å². The van der Waals surface area contributed by atoms with E-state index in [4.69, 9.17) is 11.6 Å². The lowest BCUT2D eigenvalue weighted by Gasteiger charge is -2.30. The van der Waals surface area contributed by atoms with Crippen molar-refractivity contribution in [2.45, 2.75) is 50.9 Å². The summed E-state index contributed by atoms with van der Waals surface area (Å²) in [7, 11) is 0. The predicted molar refractivity (Wildman–Crippen MR) is 117 cm³/mol. The second-order valence-corrected chi connectivity index (χ2v) is 8.56. The van der Waals surface area contributed by atoms with E-state index in [9.17, 15) is 23.2 Å². The Balaban J connectivity index is 1.44. The predicted octanol–water partition coefficient (Wildman–Crippen LogP) is 4.40. The quantitative estimate of drug-likeness (QED) is 0.427. The van der Waals surface area contributed by atoms with E-state index in [2.05, 4.69) is 20.6 Å². The molecule has 33 heavy (non-hydrogen) atoms. The van der Waals surface area contributed by atoms with Gasteiger partial charge in [-0.15, -0.1) is 0 Å². The maximum atomic E-state index is 13.3. The number of pyridine rings is 1. The van der Waals surface area contributed by atoms with E-state index in [1.807, 2.05) is 0 Å². The average Bonchev–Trinajstić information content (AvgIpc) is 2.76. The molecule has 3 aromatic rings. The van der Waals surface area contributed by atoms with E-state index >= 15 is 0 Å². The number of nitrogens with one attached hydrogen (secondary N) is 2. The molecule has 1 aliphatic rings. The van der Waals surface area contributed by atoms with Crippen molar-refractivity contribution in [3.05, 3.63) is 64.0 Å². The Bertz CT molecular complexity index is 1200. The minimum Gasteiger partial charge on any atom is -0.618 e. The molecule has 0 spiro atoms. The summed E-state index contributed by atoms with van der Waals surface area (Å²) in [5.74, 6) is -0.430. The number of aromatic nitrogens is 3. The largest absolute Gasteiger partial charge is 0.618 e. The maximum absolute atomic E-state index is 13.3. The van der Waals surface area contributed by atoms with Crippen LogP contribution in [0.3, 0.4) is 0 Å². The molecule has 7 nitrogen and oxygen atoms in total. The molecule has 0 bridgehead atoms. The smallest absolute Gasteiger partial charge is 0.433 e. The van der Waals surface area contributed by atoms with Gasteiger partial charge in [0.25, 0.3) is 5.91 Å². The highest BCUT2D eigenvalue weighted by Gasteiger charge is 2.34. The third-order valence-corrected chi connectivity index (χ3v) is 5.93. The second-order valence-electron chi connectivity index (χ2n) is 8.12. The first-order valence-corrected chi connectivity index (χ1v) is 10.8. The van der Waals surface area contributed by atoms with Gasteiger partial charge in [0.05, 0.1) is 11.7 Å². The number of fused-ring (bicyclic) bond motifs is 1. The Labute approximate surface area is 192 Å². The Kier molecular flexibility index (Phi) is 6.29. The average molecular weight is 480 g/mol. The lowest BCUT2D eigenvalue weighted by molar-refractivity contribution is -0.613. The molecule has 2 aromatic heterocycles. The Morgan fingerprint density at radius 3 is 2.55 bits per heavy atom. The molecule has 0 radical (unpaired) electrons. The topological polar surface area (TPSA) is 93.8 Å². The van der Waals surface area contributed by atoms with E-state index in [-0.39, 0.29) is 23.3 Å². The highest BCUT2D eigenvalue weighted by atomic mass is 35.5. The van der Waals surface area contributed by atoms with Gasteiger partial charge in [-0.3, -0.25) is 4.79 Å². The highest BCUT2D eigenvalue weighted by Crippen LogP contribution is 2.35. The molecule has 1 amide bonds. The van der Waals surface area contributed by atoms with Crippen LogP contribution in [0.15, 0.2) is 36.7 Å². The van der Waals surface area contributed by atoms with Crippen molar-refractivity contribution in [1.29, 1.82) is 0 Å². The summed E-state index contributed by atoms with van der Waals surface area (Å²) in [5, 5.41) is 18.7. The summed E-state index contributed by atoms with van der Waals surface area (Å²) >= 11 is 6.06. The van der Waals surface area contributed by atoms with Crippen molar-refractivity contribution in [2.24, 2.45) is 0 Å². The standard InChI is InChI=1S/C22H21ClF3N5O2/c1-12-10-27-19(11-31(12)33)21(32)29-15-5-3-14(4-6-15)28-18-9-20(22(24,25)26)30-17-7-2-13(23)8-16(17)18/h2,7-11,14-15H,3-6H2,1H3,(H,28,30)(H,29,32). The fraction of sp³-hybridized carbons (Fsp3) is 0.364. The third kappa shape index (κ3) is 5.27. The summed E-state index contributed by atoms with van der Waals surface area (Å²) in [6, 6.07) is 5.38. The van der Waals surface area contributed by atoms with Crippen molar-refractivity contribution in [2.75, 3.05) is 5.32 Å². The molecule has 1 aliphatic carbocycles. The van der Waals surface area contributed by atoms with Crippen LogP contribution in [0, 0.1) is 12.1 Å². The number of rotatable bonds is 4. The zero-order valence-electron chi connectivity index (χ0n) is 17.6. The summed E-state index contributed by atoms with van der Waals surface area (Å²) in [6.45, 7) is 1.59. The summed E-state index contributed by atoms with van der Waals surface area (Å²) in [4.78, 5) is 20.1. The first-order chi connectivity index (χ1) is 15.6. The van der Waals surface area contributed by atoms with Crippen LogP contribution >= 0.6 is 11.6 Å². The zero-order valence-corrected chi connectivity index (χ0v) is 18.4. The number of carbonyl (C=O) groups is 1. The third-order valence-electron chi connectivity index (χ3n) is 5.69. The molecule has 4 rings (SSSR count). The van der Waals surface area contributed by atoms with Crippen molar-refractivity contribution in [1.82, 2.24) is 15.3 Å². The van der Waals surface area contributed by atoms with Crippen molar-refractivity contribution >= 4 is 34.1 Å². The number of aryl methyl sites for hydroxylation is 1. The molecule has 2 N–H and O–H groups in total. The van der Waals surface area contributed by atoms with Crippen LogP contribution in [0.2, 0.25) is 5.02 Å². The fourth-order valence-corrected chi connectivity index (χ4v) is 4.08. The van der Waals surface area contributed by atoms with Gasteiger partial charge in [0.2, 0.25) is 11.9 Å². The number of alkyl halides is 3. The lowest BCUT2D eigenvalue weighted by atomic mass is 9.90. The van der Waals surface area contributed by atoms with Gasteiger partial charge in [0.1, 0.15) is 5.69 Å². The van der Waals surface area contributed by atoms with Gasteiger partial charge in [-0.1, -0.05) is 11.6 Å². The van der Waals surface area contributed by atoms with Crippen molar-refractivity contribution < 1.29 is 22.7 Å². The summed E-state index contributed by atoms with van der Waals surface area (Å²) < 4.78 is 40.6. The molecular formula is C22H21ClF3N5O2. The minimum atomic E-state index is -4.57. The van der Waals surface area contributed by atoms with E-state index in [0.717, 1.165) is 12.3 Å². The molecule has 0 atom stereocenters. The van der Waals surface area contributed by atoms with Gasteiger partial charge in [-0.25, -0.2) is 9.97 Å².